The Labute approximate surface area is 124 Å². The largest absolute Gasteiger partial charge is 0.478 e. The van der Waals surface area contributed by atoms with Crippen molar-refractivity contribution in [1.82, 2.24) is 0 Å². The monoisotopic (exact) mass is 297 g/mol. The summed E-state index contributed by atoms with van der Waals surface area (Å²) in [5.41, 5.74) is -1.23. The van der Waals surface area contributed by atoms with Gasteiger partial charge in [-0.2, -0.15) is 0 Å². The van der Waals surface area contributed by atoms with E-state index in [1.165, 1.54) is 0 Å². The fraction of sp³-hybridized carbons (Fsp3) is 0.533. The van der Waals surface area contributed by atoms with Crippen LogP contribution in [0, 0.1) is 0 Å². The maximum atomic E-state index is 9.48. The second-order valence-corrected chi connectivity index (χ2v) is 5.94. The lowest BCUT2D eigenvalue weighted by Crippen LogP contribution is -2.38. The second-order valence-electron chi connectivity index (χ2n) is 5.51. The van der Waals surface area contributed by atoms with Crippen LogP contribution in [0.15, 0.2) is 29.3 Å². The summed E-state index contributed by atoms with van der Waals surface area (Å²) in [4.78, 5) is 4.54. The Morgan fingerprint density at radius 1 is 1.40 bits per heavy atom. The lowest BCUT2D eigenvalue weighted by Gasteiger charge is -2.25. The molecule has 1 N–H and O–H groups in total. The van der Waals surface area contributed by atoms with Gasteiger partial charge in [-0.1, -0.05) is 18.5 Å². The number of ether oxygens (including phenoxy) is 2. The highest BCUT2D eigenvalue weighted by Crippen LogP contribution is 2.29. The van der Waals surface area contributed by atoms with Gasteiger partial charge in [-0.25, -0.2) is 4.99 Å². The number of halogens is 1. The van der Waals surface area contributed by atoms with E-state index in [1.54, 1.807) is 24.3 Å². The van der Waals surface area contributed by atoms with Gasteiger partial charge in [-0.15, -0.1) is 0 Å². The molecule has 0 fully saturated rings. The van der Waals surface area contributed by atoms with Gasteiger partial charge in [-0.05, 0) is 44.5 Å². The van der Waals surface area contributed by atoms with E-state index in [0.717, 1.165) is 6.42 Å². The van der Waals surface area contributed by atoms with Gasteiger partial charge in [0.2, 0.25) is 5.90 Å². The number of hydrogen-bond acceptors (Lipinski definition) is 4. The van der Waals surface area contributed by atoms with Crippen molar-refractivity contribution in [1.29, 1.82) is 0 Å². The van der Waals surface area contributed by atoms with Crippen molar-refractivity contribution in [3.8, 4) is 5.75 Å². The summed E-state index contributed by atoms with van der Waals surface area (Å²) in [5, 5.41) is 10.1. The lowest BCUT2D eigenvalue weighted by atomic mass is 10.0. The van der Waals surface area contributed by atoms with Crippen molar-refractivity contribution >= 4 is 17.5 Å². The molecule has 0 saturated carbocycles. The lowest BCUT2D eigenvalue weighted by molar-refractivity contribution is 0.126. The number of nitrogens with zero attached hydrogens (tertiary/aromatic N) is 1. The van der Waals surface area contributed by atoms with Gasteiger partial charge < -0.3 is 14.6 Å². The summed E-state index contributed by atoms with van der Waals surface area (Å²) in [6.07, 6.45) is 0.726. The predicted molar refractivity (Wildman–Crippen MR) is 79.7 cm³/mol. The third-order valence-corrected chi connectivity index (χ3v) is 3.72. The molecular weight excluding hydrogens is 278 g/mol. The Hall–Kier alpha value is -1.26. The smallest absolute Gasteiger partial charge is 0.229 e. The van der Waals surface area contributed by atoms with Crippen LogP contribution in [0.1, 0.15) is 27.2 Å². The van der Waals surface area contributed by atoms with E-state index in [0.29, 0.717) is 23.3 Å². The third kappa shape index (κ3) is 3.07. The molecule has 0 bridgehead atoms. The van der Waals surface area contributed by atoms with E-state index in [9.17, 15) is 5.11 Å². The topological polar surface area (TPSA) is 51.0 Å². The number of aliphatic imine (C=N–C) groups is 1. The molecule has 0 spiro atoms. The molecule has 4 nitrogen and oxygen atoms in total. The first-order valence-corrected chi connectivity index (χ1v) is 7.07. The predicted octanol–water partition coefficient (Wildman–Crippen LogP) is 3.07. The summed E-state index contributed by atoms with van der Waals surface area (Å²) < 4.78 is 11.6. The summed E-state index contributed by atoms with van der Waals surface area (Å²) in [7, 11) is 0. The zero-order chi connectivity index (χ0) is 14.8. The fourth-order valence-corrected chi connectivity index (χ4v) is 2.13. The quantitative estimate of drug-likeness (QED) is 0.909. The maximum absolute atomic E-state index is 9.48. The van der Waals surface area contributed by atoms with Gasteiger partial charge in [0.1, 0.15) is 17.9 Å². The van der Waals surface area contributed by atoms with Crippen LogP contribution in [0.3, 0.4) is 0 Å². The highest BCUT2D eigenvalue weighted by atomic mass is 35.5. The number of benzene rings is 1. The first kappa shape index (κ1) is 15.1. The van der Waals surface area contributed by atoms with Crippen LogP contribution >= 0.6 is 11.6 Å². The van der Waals surface area contributed by atoms with Crippen LogP contribution in [-0.4, -0.2) is 35.4 Å². The van der Waals surface area contributed by atoms with Crippen LogP contribution in [0.5, 0.6) is 5.75 Å². The van der Waals surface area contributed by atoms with Crippen molar-refractivity contribution in [3.63, 3.8) is 0 Å². The molecule has 0 radical (unpaired) electrons. The molecule has 110 valence electrons. The molecule has 1 heterocycles. The molecule has 20 heavy (non-hydrogen) atoms. The van der Waals surface area contributed by atoms with Gasteiger partial charge in [0.05, 0.1) is 6.61 Å². The van der Waals surface area contributed by atoms with Gasteiger partial charge in [0.15, 0.2) is 5.60 Å². The Balaban J connectivity index is 2.16. The SMILES string of the molecule is CCC1(CO)COC(C(C)(C)Oc2ccc(Cl)cc2)=N1. The Bertz CT molecular complexity index is 492. The van der Waals surface area contributed by atoms with E-state index in [-0.39, 0.29) is 6.61 Å². The molecule has 1 aromatic rings. The van der Waals surface area contributed by atoms with Gasteiger partial charge in [0, 0.05) is 5.02 Å². The molecule has 1 atom stereocenters. The van der Waals surface area contributed by atoms with E-state index in [1.807, 2.05) is 20.8 Å². The Morgan fingerprint density at radius 3 is 2.55 bits per heavy atom. The van der Waals surface area contributed by atoms with E-state index < -0.39 is 11.1 Å². The summed E-state index contributed by atoms with van der Waals surface area (Å²) in [5.74, 6) is 1.21. The molecule has 1 aliphatic heterocycles. The van der Waals surface area contributed by atoms with Gasteiger partial charge in [0.25, 0.3) is 0 Å². The van der Waals surface area contributed by atoms with Crippen molar-refractivity contribution in [3.05, 3.63) is 29.3 Å². The number of rotatable bonds is 5. The molecule has 5 heteroatoms. The highest BCUT2D eigenvalue weighted by molar-refractivity contribution is 6.30. The molecule has 0 saturated heterocycles. The molecule has 0 aromatic heterocycles. The maximum Gasteiger partial charge on any atom is 0.229 e. The van der Waals surface area contributed by atoms with Crippen molar-refractivity contribution < 1.29 is 14.6 Å². The van der Waals surface area contributed by atoms with Crippen molar-refractivity contribution in [2.24, 2.45) is 4.99 Å². The van der Waals surface area contributed by atoms with E-state index >= 15 is 0 Å². The third-order valence-electron chi connectivity index (χ3n) is 3.47. The first-order valence-electron chi connectivity index (χ1n) is 6.69. The summed E-state index contributed by atoms with van der Waals surface area (Å²) in [6.45, 7) is 6.14. The Kier molecular flexibility index (Phi) is 4.25. The molecule has 1 unspecified atom stereocenters. The minimum Gasteiger partial charge on any atom is -0.478 e. The first-order chi connectivity index (χ1) is 9.41. The fourth-order valence-electron chi connectivity index (χ4n) is 2.01. The summed E-state index contributed by atoms with van der Waals surface area (Å²) >= 11 is 5.85. The molecule has 0 aliphatic carbocycles. The second kappa shape index (κ2) is 5.62. The highest BCUT2D eigenvalue weighted by Gasteiger charge is 2.41. The normalized spacial score (nSPS) is 22.4. The van der Waals surface area contributed by atoms with Crippen LogP contribution in [0.2, 0.25) is 5.02 Å². The zero-order valence-corrected chi connectivity index (χ0v) is 12.8. The molecule has 2 rings (SSSR count). The molecule has 0 amide bonds. The van der Waals surface area contributed by atoms with Crippen LogP contribution in [-0.2, 0) is 4.74 Å². The summed E-state index contributed by atoms with van der Waals surface area (Å²) in [6, 6.07) is 7.15. The average Bonchev–Trinajstić information content (AvgIpc) is 2.87. The van der Waals surface area contributed by atoms with Crippen LogP contribution in [0.4, 0.5) is 0 Å². The average molecular weight is 298 g/mol. The number of aliphatic hydroxyl groups is 1. The van der Waals surface area contributed by atoms with Crippen molar-refractivity contribution in [2.45, 2.75) is 38.3 Å². The Morgan fingerprint density at radius 2 is 2.05 bits per heavy atom. The van der Waals surface area contributed by atoms with Gasteiger partial charge in [-0.3, -0.25) is 0 Å². The molecule has 1 aromatic carbocycles. The zero-order valence-electron chi connectivity index (χ0n) is 12.0. The number of aliphatic hydroxyl groups excluding tert-OH is 1. The van der Waals surface area contributed by atoms with Crippen molar-refractivity contribution in [2.75, 3.05) is 13.2 Å². The van der Waals surface area contributed by atoms with Crippen LogP contribution < -0.4 is 4.74 Å². The van der Waals surface area contributed by atoms with E-state index in [2.05, 4.69) is 4.99 Å². The molecular formula is C15H20ClNO3. The van der Waals surface area contributed by atoms with Crippen LogP contribution in [0.25, 0.3) is 0 Å². The van der Waals surface area contributed by atoms with E-state index in [4.69, 9.17) is 21.1 Å². The minimum absolute atomic E-state index is 0.0238. The molecule has 1 aliphatic rings. The van der Waals surface area contributed by atoms with Gasteiger partial charge >= 0.3 is 0 Å². The standard InChI is InChI=1S/C15H20ClNO3/c1-4-15(9-18)10-19-13(17-15)14(2,3)20-12-7-5-11(16)6-8-12/h5-8,18H,4,9-10H2,1-3H3. The number of hydrogen-bond donors (Lipinski definition) is 1. The minimum atomic E-state index is -0.695.